The summed E-state index contributed by atoms with van der Waals surface area (Å²) in [4.78, 5) is 45.6. The lowest BCUT2D eigenvalue weighted by Gasteiger charge is -2.16. The van der Waals surface area contributed by atoms with Crippen LogP contribution < -0.4 is 16.0 Å². The van der Waals surface area contributed by atoms with Crippen LogP contribution in [0.2, 0.25) is 0 Å². The number of nitrogens with one attached hydrogen (secondary N) is 3. The second-order valence-corrected chi connectivity index (χ2v) is 13.4. The van der Waals surface area contributed by atoms with Gasteiger partial charge in [0.25, 0.3) is 11.8 Å². The first kappa shape index (κ1) is 32.4. The number of anilines is 2. The molecular formula is C39H32N4O3S2. The number of thiazole rings is 1. The molecule has 0 spiro atoms. The summed E-state index contributed by atoms with van der Waals surface area (Å²) < 4.78 is 1.02. The van der Waals surface area contributed by atoms with Gasteiger partial charge in [0.15, 0.2) is 5.13 Å². The number of hydrogen-bond donors (Lipinski definition) is 3. The molecule has 9 heteroatoms. The van der Waals surface area contributed by atoms with E-state index in [1.165, 1.54) is 23.1 Å². The van der Waals surface area contributed by atoms with E-state index in [9.17, 15) is 14.4 Å². The fourth-order valence-electron chi connectivity index (χ4n) is 4.88. The number of benzene rings is 5. The van der Waals surface area contributed by atoms with Crippen LogP contribution in [0.5, 0.6) is 0 Å². The van der Waals surface area contributed by atoms with Gasteiger partial charge in [-0.2, -0.15) is 0 Å². The Hall–Kier alpha value is -5.51. The number of amides is 3. The molecule has 6 rings (SSSR count). The number of fused-ring (bicyclic) bond motifs is 1. The summed E-state index contributed by atoms with van der Waals surface area (Å²) in [5.41, 5.74) is 5.79. The van der Waals surface area contributed by atoms with Crippen molar-refractivity contribution in [1.29, 1.82) is 0 Å². The van der Waals surface area contributed by atoms with Gasteiger partial charge in [0.05, 0.1) is 10.2 Å². The third-order valence-corrected chi connectivity index (χ3v) is 9.60. The summed E-state index contributed by atoms with van der Waals surface area (Å²) in [5, 5.41) is 8.70. The Bertz CT molecular complexity index is 2090. The number of carbonyl (C=O) groups is 3. The largest absolute Gasteiger partial charge is 0.321 e. The van der Waals surface area contributed by atoms with Gasteiger partial charge in [-0.1, -0.05) is 95.8 Å². The van der Waals surface area contributed by atoms with Crippen molar-refractivity contribution in [3.05, 3.63) is 161 Å². The molecule has 0 saturated carbocycles. The van der Waals surface area contributed by atoms with Gasteiger partial charge in [0.2, 0.25) is 5.91 Å². The molecule has 0 fully saturated rings. The van der Waals surface area contributed by atoms with E-state index in [2.05, 4.69) is 27.0 Å². The van der Waals surface area contributed by atoms with Crippen molar-refractivity contribution in [2.45, 2.75) is 24.0 Å². The highest BCUT2D eigenvalue weighted by Gasteiger charge is 2.23. The van der Waals surface area contributed by atoms with Gasteiger partial charge in [-0.3, -0.25) is 14.4 Å². The van der Waals surface area contributed by atoms with Crippen molar-refractivity contribution >= 4 is 67.9 Å². The van der Waals surface area contributed by atoms with Crippen LogP contribution in [0, 0.1) is 13.8 Å². The van der Waals surface area contributed by atoms with Crippen molar-refractivity contribution in [2.24, 2.45) is 0 Å². The molecule has 6 aromatic rings. The van der Waals surface area contributed by atoms with Crippen LogP contribution in [0.1, 0.15) is 37.9 Å². The minimum absolute atomic E-state index is 0.108. The predicted octanol–water partition coefficient (Wildman–Crippen LogP) is 8.79. The number of aromatic nitrogens is 1. The number of rotatable bonds is 10. The Balaban J connectivity index is 1.18. The van der Waals surface area contributed by atoms with Crippen molar-refractivity contribution in [3.8, 4) is 0 Å². The summed E-state index contributed by atoms with van der Waals surface area (Å²) in [7, 11) is 0. The van der Waals surface area contributed by atoms with Crippen LogP contribution in [0.3, 0.4) is 0 Å². The van der Waals surface area contributed by atoms with Gasteiger partial charge in [0, 0.05) is 16.1 Å². The van der Waals surface area contributed by atoms with E-state index in [0.29, 0.717) is 16.4 Å². The zero-order valence-electron chi connectivity index (χ0n) is 26.3. The SMILES string of the molecule is Cc1ccc(/C=C(\NC(=O)c2ccccc2)C(=O)Nc2ccc(SC(C(=O)Nc3nc4ccc(C)cc4s3)c3ccccc3)cc2)cc1. The number of carbonyl (C=O) groups excluding carboxylic acids is 3. The Kier molecular flexibility index (Phi) is 10.1. The van der Waals surface area contributed by atoms with Gasteiger partial charge in [0.1, 0.15) is 10.9 Å². The van der Waals surface area contributed by atoms with E-state index in [0.717, 1.165) is 37.4 Å². The molecule has 1 aromatic heterocycles. The minimum Gasteiger partial charge on any atom is -0.321 e. The number of hydrogen-bond acceptors (Lipinski definition) is 6. The zero-order valence-corrected chi connectivity index (χ0v) is 27.9. The number of nitrogens with zero attached hydrogens (tertiary/aromatic N) is 1. The lowest BCUT2D eigenvalue weighted by Crippen LogP contribution is -2.30. The van der Waals surface area contributed by atoms with Gasteiger partial charge < -0.3 is 16.0 Å². The summed E-state index contributed by atoms with van der Waals surface area (Å²) >= 11 is 2.85. The molecule has 1 heterocycles. The maximum absolute atomic E-state index is 13.6. The summed E-state index contributed by atoms with van der Waals surface area (Å²) in [6.07, 6.45) is 1.65. The molecule has 0 aliphatic heterocycles. The first-order valence-corrected chi connectivity index (χ1v) is 17.0. The van der Waals surface area contributed by atoms with Crippen LogP contribution in [0.15, 0.2) is 138 Å². The average molecular weight is 669 g/mol. The zero-order chi connectivity index (χ0) is 33.5. The van der Waals surface area contributed by atoms with Crippen LogP contribution in [0.25, 0.3) is 16.3 Å². The predicted molar refractivity (Wildman–Crippen MR) is 196 cm³/mol. The van der Waals surface area contributed by atoms with E-state index in [4.69, 9.17) is 0 Å². The molecule has 0 aliphatic rings. The molecule has 1 unspecified atom stereocenters. The molecule has 48 heavy (non-hydrogen) atoms. The van der Waals surface area contributed by atoms with Crippen LogP contribution in [-0.4, -0.2) is 22.7 Å². The van der Waals surface area contributed by atoms with E-state index < -0.39 is 11.2 Å². The summed E-state index contributed by atoms with van der Waals surface area (Å²) in [6, 6.07) is 39.3. The van der Waals surface area contributed by atoms with Crippen LogP contribution >= 0.6 is 23.1 Å². The van der Waals surface area contributed by atoms with Crippen molar-refractivity contribution in [3.63, 3.8) is 0 Å². The molecule has 1 atom stereocenters. The van der Waals surface area contributed by atoms with Crippen LogP contribution in [0.4, 0.5) is 10.8 Å². The lowest BCUT2D eigenvalue weighted by molar-refractivity contribution is -0.116. The molecule has 3 N–H and O–H groups in total. The van der Waals surface area contributed by atoms with E-state index in [1.54, 1.807) is 42.5 Å². The third-order valence-electron chi connectivity index (χ3n) is 7.40. The van der Waals surface area contributed by atoms with Gasteiger partial charge in [-0.05, 0) is 85.1 Å². The Morgan fingerprint density at radius 1 is 0.750 bits per heavy atom. The summed E-state index contributed by atoms with van der Waals surface area (Å²) in [5.74, 6) is -1.03. The van der Waals surface area contributed by atoms with Crippen LogP contribution in [-0.2, 0) is 9.59 Å². The van der Waals surface area contributed by atoms with E-state index in [-0.39, 0.29) is 17.5 Å². The standard InChI is InChI=1S/C39H32N4O3S2/c1-25-13-16-27(17-14-25)24-33(41-36(44)29-11-7-4-8-12-29)37(45)40-30-18-20-31(21-19-30)47-35(28-9-5-3-6-10-28)38(46)43-39-42-32-22-15-26(2)23-34(32)48-39/h3-24,35H,1-2H3,(H,40,45)(H,41,44)(H,42,43,46)/b33-24-. The lowest BCUT2D eigenvalue weighted by atomic mass is 10.1. The summed E-state index contributed by atoms with van der Waals surface area (Å²) in [6.45, 7) is 4.01. The van der Waals surface area contributed by atoms with Gasteiger partial charge >= 0.3 is 0 Å². The maximum Gasteiger partial charge on any atom is 0.272 e. The second kappa shape index (κ2) is 14.9. The van der Waals surface area contributed by atoms with Gasteiger partial charge in [-0.25, -0.2) is 4.98 Å². The first-order chi connectivity index (χ1) is 23.3. The Morgan fingerprint density at radius 3 is 2.12 bits per heavy atom. The molecule has 0 bridgehead atoms. The quantitative estimate of drug-likeness (QED) is 0.100. The minimum atomic E-state index is -0.544. The molecule has 0 saturated heterocycles. The highest BCUT2D eigenvalue weighted by atomic mass is 32.2. The normalized spacial score (nSPS) is 11.9. The number of aryl methyl sites for hydroxylation is 2. The topological polar surface area (TPSA) is 100 Å². The fraction of sp³-hybridized carbons (Fsp3) is 0.0769. The monoisotopic (exact) mass is 668 g/mol. The molecule has 5 aromatic carbocycles. The molecule has 0 aliphatic carbocycles. The highest BCUT2D eigenvalue weighted by molar-refractivity contribution is 8.00. The molecule has 3 amide bonds. The first-order valence-electron chi connectivity index (χ1n) is 15.3. The van der Waals surface area contributed by atoms with E-state index >= 15 is 0 Å². The van der Waals surface area contributed by atoms with Crippen molar-refractivity contribution in [2.75, 3.05) is 10.6 Å². The Labute approximate surface area is 287 Å². The maximum atomic E-state index is 13.6. The van der Waals surface area contributed by atoms with Gasteiger partial charge in [-0.15, -0.1) is 11.8 Å². The smallest absolute Gasteiger partial charge is 0.272 e. The third kappa shape index (κ3) is 8.25. The average Bonchev–Trinajstić information content (AvgIpc) is 3.50. The molecular weight excluding hydrogens is 637 g/mol. The fourth-order valence-corrected chi connectivity index (χ4v) is 6.87. The van der Waals surface area contributed by atoms with Crippen molar-refractivity contribution < 1.29 is 14.4 Å². The highest BCUT2D eigenvalue weighted by Crippen LogP contribution is 2.37. The van der Waals surface area contributed by atoms with Crippen molar-refractivity contribution in [1.82, 2.24) is 10.3 Å². The number of thioether (sulfide) groups is 1. The Morgan fingerprint density at radius 2 is 1.42 bits per heavy atom. The van der Waals surface area contributed by atoms with E-state index in [1.807, 2.05) is 98.8 Å². The second-order valence-electron chi connectivity index (χ2n) is 11.2. The molecule has 7 nitrogen and oxygen atoms in total. The molecule has 238 valence electrons. The molecule has 0 radical (unpaired) electrons.